The first-order valence-corrected chi connectivity index (χ1v) is 10.9. The fourth-order valence-electron chi connectivity index (χ4n) is 3.53. The zero-order valence-corrected chi connectivity index (χ0v) is 16.7. The van der Waals surface area contributed by atoms with Crippen molar-refractivity contribution in [2.24, 2.45) is 0 Å². The predicted octanol–water partition coefficient (Wildman–Crippen LogP) is 7.80. The number of aliphatic hydroxyl groups is 1. The molecule has 0 aliphatic rings. The molecule has 1 unspecified atom stereocenters. The van der Waals surface area contributed by atoms with Crippen molar-refractivity contribution in [2.75, 3.05) is 0 Å². The summed E-state index contributed by atoms with van der Waals surface area (Å²) in [4.78, 5) is 0. The van der Waals surface area contributed by atoms with Crippen LogP contribution in [0.15, 0.2) is 0 Å². The van der Waals surface area contributed by atoms with Crippen molar-refractivity contribution in [1.29, 1.82) is 0 Å². The van der Waals surface area contributed by atoms with Crippen molar-refractivity contribution in [1.82, 2.24) is 0 Å². The van der Waals surface area contributed by atoms with Gasteiger partial charge in [-0.2, -0.15) is 0 Å². The first kappa shape index (κ1) is 23.0. The van der Waals surface area contributed by atoms with Crippen LogP contribution in [0.3, 0.4) is 0 Å². The molecular weight excluding hydrogens is 280 g/mol. The highest BCUT2D eigenvalue weighted by Gasteiger charge is 2.24. The van der Waals surface area contributed by atoms with E-state index in [1.165, 1.54) is 96.3 Å². The minimum atomic E-state index is -0.357. The Balaban J connectivity index is 3.82. The van der Waals surface area contributed by atoms with Gasteiger partial charge >= 0.3 is 0 Å². The van der Waals surface area contributed by atoms with Gasteiger partial charge in [-0.15, -0.1) is 0 Å². The second-order valence-electron chi connectivity index (χ2n) is 7.72. The van der Waals surface area contributed by atoms with E-state index in [2.05, 4.69) is 20.8 Å². The molecule has 0 aliphatic heterocycles. The first-order valence-electron chi connectivity index (χ1n) is 10.9. The molecule has 0 saturated heterocycles. The Morgan fingerprint density at radius 1 is 0.435 bits per heavy atom. The van der Waals surface area contributed by atoms with E-state index >= 15 is 0 Å². The number of hydrogen-bond acceptors (Lipinski definition) is 1. The number of rotatable bonds is 18. The maximum absolute atomic E-state index is 11.0. The first-order chi connectivity index (χ1) is 11.2. The van der Waals surface area contributed by atoms with Crippen molar-refractivity contribution in [3.05, 3.63) is 0 Å². The average molecular weight is 327 g/mol. The van der Waals surface area contributed by atoms with Gasteiger partial charge in [0.25, 0.3) is 0 Å². The number of unbranched alkanes of at least 4 members (excludes halogenated alkanes) is 12. The van der Waals surface area contributed by atoms with Crippen LogP contribution in [0.4, 0.5) is 0 Å². The van der Waals surface area contributed by atoms with Crippen molar-refractivity contribution in [3.8, 4) is 0 Å². The van der Waals surface area contributed by atoms with E-state index in [1.807, 2.05) is 0 Å². The van der Waals surface area contributed by atoms with Gasteiger partial charge in [-0.1, -0.05) is 117 Å². The second kappa shape index (κ2) is 16.8. The van der Waals surface area contributed by atoms with Crippen LogP contribution >= 0.6 is 0 Å². The van der Waals surface area contributed by atoms with Crippen molar-refractivity contribution >= 4 is 0 Å². The van der Waals surface area contributed by atoms with Crippen molar-refractivity contribution in [3.63, 3.8) is 0 Å². The lowest BCUT2D eigenvalue weighted by atomic mass is 9.85. The summed E-state index contributed by atoms with van der Waals surface area (Å²) in [6, 6.07) is 0. The molecule has 0 aromatic rings. The van der Waals surface area contributed by atoms with Gasteiger partial charge in [-0.25, -0.2) is 0 Å². The van der Waals surface area contributed by atoms with E-state index in [0.29, 0.717) is 0 Å². The summed E-state index contributed by atoms with van der Waals surface area (Å²) >= 11 is 0. The normalized spacial score (nSPS) is 14.1. The van der Waals surface area contributed by atoms with Gasteiger partial charge in [0.2, 0.25) is 0 Å². The van der Waals surface area contributed by atoms with E-state index in [1.54, 1.807) is 0 Å². The van der Waals surface area contributed by atoms with Crippen LogP contribution in [0.1, 0.15) is 136 Å². The van der Waals surface area contributed by atoms with Gasteiger partial charge in [0, 0.05) is 0 Å². The third kappa shape index (κ3) is 15.2. The fraction of sp³-hybridized carbons (Fsp3) is 1.00. The summed E-state index contributed by atoms with van der Waals surface area (Å²) < 4.78 is 0. The maximum Gasteiger partial charge on any atom is 0.0647 e. The summed E-state index contributed by atoms with van der Waals surface area (Å²) in [6.07, 6.45) is 22.8. The lowest BCUT2D eigenvalue weighted by molar-refractivity contribution is 0.00746. The summed E-state index contributed by atoms with van der Waals surface area (Å²) in [5.74, 6) is 0. The molecule has 23 heavy (non-hydrogen) atoms. The molecule has 140 valence electrons. The molecule has 0 aromatic heterocycles. The molecule has 0 fully saturated rings. The monoisotopic (exact) mass is 326 g/mol. The van der Waals surface area contributed by atoms with Gasteiger partial charge in [-0.3, -0.25) is 0 Å². The highest BCUT2D eigenvalue weighted by molar-refractivity contribution is 4.78. The zero-order chi connectivity index (χ0) is 17.2. The summed E-state index contributed by atoms with van der Waals surface area (Å²) in [7, 11) is 0. The van der Waals surface area contributed by atoms with Crippen LogP contribution < -0.4 is 0 Å². The molecular formula is C22H46O. The molecule has 0 spiro atoms. The smallest absolute Gasteiger partial charge is 0.0647 e. The highest BCUT2D eigenvalue weighted by atomic mass is 16.3. The molecule has 0 saturated carbocycles. The van der Waals surface area contributed by atoms with E-state index in [-0.39, 0.29) is 5.60 Å². The van der Waals surface area contributed by atoms with Gasteiger partial charge < -0.3 is 5.11 Å². The molecule has 0 rings (SSSR count). The Morgan fingerprint density at radius 3 is 1.13 bits per heavy atom. The molecule has 0 amide bonds. The van der Waals surface area contributed by atoms with Gasteiger partial charge in [0.1, 0.15) is 0 Å². The van der Waals surface area contributed by atoms with Crippen LogP contribution in [0.5, 0.6) is 0 Å². The van der Waals surface area contributed by atoms with Gasteiger partial charge in [0.05, 0.1) is 5.60 Å². The standard InChI is InChI=1S/C22H46O/c1-4-7-10-12-14-16-18-21-22(23,19-9-6-3)20-17-15-13-11-8-5-2/h23H,4-21H2,1-3H3. The molecule has 0 bridgehead atoms. The summed E-state index contributed by atoms with van der Waals surface area (Å²) in [5, 5.41) is 11.0. The van der Waals surface area contributed by atoms with Gasteiger partial charge in [-0.05, 0) is 19.3 Å². The molecule has 0 aliphatic carbocycles. The average Bonchev–Trinajstić information content (AvgIpc) is 2.55. The number of hydrogen-bond donors (Lipinski definition) is 1. The van der Waals surface area contributed by atoms with E-state index < -0.39 is 0 Å². The molecule has 1 atom stereocenters. The van der Waals surface area contributed by atoms with Crippen LogP contribution in [-0.4, -0.2) is 10.7 Å². The molecule has 0 radical (unpaired) electrons. The molecule has 0 heterocycles. The summed E-state index contributed by atoms with van der Waals surface area (Å²) in [5.41, 5.74) is -0.357. The van der Waals surface area contributed by atoms with Crippen LogP contribution in [0.2, 0.25) is 0 Å². The molecule has 1 N–H and O–H groups in total. The van der Waals surface area contributed by atoms with Crippen molar-refractivity contribution in [2.45, 2.75) is 142 Å². The Bertz CT molecular complexity index is 226. The largest absolute Gasteiger partial charge is 0.390 e. The minimum absolute atomic E-state index is 0.357. The van der Waals surface area contributed by atoms with Crippen LogP contribution in [0, 0.1) is 0 Å². The van der Waals surface area contributed by atoms with Gasteiger partial charge in [0.15, 0.2) is 0 Å². The van der Waals surface area contributed by atoms with Crippen molar-refractivity contribution < 1.29 is 5.11 Å². The van der Waals surface area contributed by atoms with E-state index in [0.717, 1.165) is 19.3 Å². The SMILES string of the molecule is CCCCCCCCCC(O)(CCCC)CCCCCCCC. The Hall–Kier alpha value is -0.0400. The second-order valence-corrected chi connectivity index (χ2v) is 7.72. The topological polar surface area (TPSA) is 20.2 Å². The Kier molecular flexibility index (Phi) is 16.8. The Labute approximate surface area is 147 Å². The van der Waals surface area contributed by atoms with E-state index in [4.69, 9.17) is 0 Å². The quantitative estimate of drug-likeness (QED) is 0.255. The lowest BCUT2D eigenvalue weighted by Crippen LogP contribution is -2.28. The highest BCUT2D eigenvalue weighted by Crippen LogP contribution is 2.28. The zero-order valence-electron chi connectivity index (χ0n) is 16.7. The predicted molar refractivity (Wildman–Crippen MR) is 105 cm³/mol. The lowest BCUT2D eigenvalue weighted by Gasteiger charge is -2.28. The fourth-order valence-corrected chi connectivity index (χ4v) is 3.53. The minimum Gasteiger partial charge on any atom is -0.390 e. The maximum atomic E-state index is 11.0. The third-order valence-corrected chi connectivity index (χ3v) is 5.24. The third-order valence-electron chi connectivity index (χ3n) is 5.24. The molecule has 0 aromatic carbocycles. The van der Waals surface area contributed by atoms with Crippen LogP contribution in [-0.2, 0) is 0 Å². The summed E-state index contributed by atoms with van der Waals surface area (Å²) in [6.45, 7) is 6.78. The van der Waals surface area contributed by atoms with Crippen LogP contribution in [0.25, 0.3) is 0 Å². The molecule has 1 nitrogen and oxygen atoms in total. The Morgan fingerprint density at radius 2 is 0.739 bits per heavy atom. The molecule has 1 heteroatoms. The van der Waals surface area contributed by atoms with E-state index in [9.17, 15) is 5.11 Å².